The molecule has 0 aromatic carbocycles. The minimum Gasteiger partial charge on any atom is -0.305 e. The van der Waals surface area contributed by atoms with Gasteiger partial charge >= 0.3 is 0 Å². The van der Waals surface area contributed by atoms with Crippen molar-refractivity contribution in [3.63, 3.8) is 0 Å². The molecule has 1 fully saturated rings. The van der Waals surface area contributed by atoms with Crippen molar-refractivity contribution in [3.05, 3.63) is 0 Å². The molecule has 0 heterocycles. The third-order valence-corrected chi connectivity index (χ3v) is 2.64. The molecule has 0 amide bonds. The lowest BCUT2D eigenvalue weighted by Crippen LogP contribution is -2.33. The summed E-state index contributed by atoms with van der Waals surface area (Å²) in [7, 11) is 1.70. The molecule has 0 saturated heterocycles. The second kappa shape index (κ2) is 4.73. The molecule has 0 radical (unpaired) electrons. The molecule has 0 bridgehead atoms. The van der Waals surface area contributed by atoms with Gasteiger partial charge in [-0.2, -0.15) is 5.48 Å². The number of nitrogens with one attached hydrogen (secondary N) is 1. The van der Waals surface area contributed by atoms with Crippen LogP contribution in [0.25, 0.3) is 0 Å². The fourth-order valence-electron chi connectivity index (χ4n) is 1.94. The van der Waals surface area contributed by atoms with Crippen LogP contribution in [0.4, 0.5) is 0 Å². The predicted molar refractivity (Wildman–Crippen MR) is 46.2 cm³/mol. The largest absolute Gasteiger partial charge is 0.305 e. The van der Waals surface area contributed by atoms with Gasteiger partial charge in [-0.15, -0.1) is 0 Å². The first-order chi connectivity index (χ1) is 5.36. The van der Waals surface area contributed by atoms with Crippen molar-refractivity contribution < 1.29 is 4.84 Å². The summed E-state index contributed by atoms with van der Waals surface area (Å²) in [6.45, 7) is 2.28. The van der Waals surface area contributed by atoms with Crippen LogP contribution >= 0.6 is 0 Å². The van der Waals surface area contributed by atoms with Gasteiger partial charge in [0.2, 0.25) is 0 Å². The molecule has 2 atom stereocenters. The Balaban J connectivity index is 2.21. The number of hydrogen-bond donors (Lipinski definition) is 1. The smallest absolute Gasteiger partial charge is 0.0572 e. The minimum atomic E-state index is 0.610. The molecule has 2 heteroatoms. The maximum atomic E-state index is 4.92. The molecule has 1 saturated carbocycles. The van der Waals surface area contributed by atoms with E-state index in [1.165, 1.54) is 32.1 Å². The van der Waals surface area contributed by atoms with E-state index in [4.69, 9.17) is 4.84 Å². The van der Waals surface area contributed by atoms with Crippen LogP contribution in [0.2, 0.25) is 0 Å². The standard InChI is InChI=1S/C9H19NO/c1-3-8-5-4-6-9(7-8)10-11-2/h8-10H,3-7H2,1-2H3. The Kier molecular flexibility index (Phi) is 3.87. The fourth-order valence-corrected chi connectivity index (χ4v) is 1.94. The number of hydroxylamine groups is 1. The molecule has 2 unspecified atom stereocenters. The second-order valence-corrected chi connectivity index (χ2v) is 3.46. The van der Waals surface area contributed by atoms with Crippen LogP contribution < -0.4 is 5.48 Å². The zero-order valence-electron chi connectivity index (χ0n) is 7.60. The third-order valence-electron chi connectivity index (χ3n) is 2.64. The summed E-state index contributed by atoms with van der Waals surface area (Å²) in [5.41, 5.74) is 3.05. The zero-order valence-corrected chi connectivity index (χ0v) is 7.60. The molecule has 0 aliphatic heterocycles. The predicted octanol–water partition coefficient (Wildman–Crippen LogP) is 2.11. The lowest BCUT2D eigenvalue weighted by Gasteiger charge is -2.28. The second-order valence-electron chi connectivity index (χ2n) is 3.46. The topological polar surface area (TPSA) is 21.3 Å². The molecule has 11 heavy (non-hydrogen) atoms. The average molecular weight is 157 g/mol. The summed E-state index contributed by atoms with van der Waals surface area (Å²) in [6.07, 6.45) is 6.68. The van der Waals surface area contributed by atoms with Gasteiger partial charge < -0.3 is 4.84 Å². The van der Waals surface area contributed by atoms with E-state index in [1.54, 1.807) is 7.11 Å². The fraction of sp³-hybridized carbons (Fsp3) is 1.00. The molecule has 0 aromatic rings. The van der Waals surface area contributed by atoms with Crippen molar-refractivity contribution in [2.45, 2.75) is 45.1 Å². The summed E-state index contributed by atoms with van der Waals surface area (Å²) in [5, 5.41) is 0. The highest BCUT2D eigenvalue weighted by molar-refractivity contribution is 4.74. The van der Waals surface area contributed by atoms with Crippen LogP contribution in [0.3, 0.4) is 0 Å². The maximum absolute atomic E-state index is 4.92. The molecule has 1 N–H and O–H groups in total. The van der Waals surface area contributed by atoms with E-state index in [2.05, 4.69) is 12.4 Å². The molecule has 1 rings (SSSR count). The van der Waals surface area contributed by atoms with E-state index in [1.807, 2.05) is 0 Å². The van der Waals surface area contributed by atoms with Crippen molar-refractivity contribution in [2.75, 3.05) is 7.11 Å². The lowest BCUT2D eigenvalue weighted by molar-refractivity contribution is 0.0402. The van der Waals surface area contributed by atoms with Crippen molar-refractivity contribution >= 4 is 0 Å². The third kappa shape index (κ3) is 2.80. The Morgan fingerprint density at radius 1 is 1.45 bits per heavy atom. The molecule has 0 aromatic heterocycles. The average Bonchev–Trinajstić information content (AvgIpc) is 2.06. The normalized spacial score (nSPS) is 32.2. The van der Waals surface area contributed by atoms with Crippen LogP contribution in [0.1, 0.15) is 39.0 Å². The quantitative estimate of drug-likeness (QED) is 0.633. The first-order valence-electron chi connectivity index (χ1n) is 4.65. The number of hydrogen-bond acceptors (Lipinski definition) is 2. The summed E-state index contributed by atoms with van der Waals surface area (Å²) in [4.78, 5) is 4.92. The van der Waals surface area contributed by atoms with Crippen molar-refractivity contribution in [1.82, 2.24) is 5.48 Å². The molecule has 2 nitrogen and oxygen atoms in total. The molecule has 1 aliphatic carbocycles. The Labute approximate surface area is 69.3 Å². The van der Waals surface area contributed by atoms with Crippen LogP contribution in [0.5, 0.6) is 0 Å². The molecular formula is C9H19NO. The van der Waals surface area contributed by atoms with E-state index >= 15 is 0 Å². The molecule has 0 spiro atoms. The van der Waals surface area contributed by atoms with Crippen LogP contribution in [0, 0.1) is 5.92 Å². The van der Waals surface area contributed by atoms with E-state index in [9.17, 15) is 0 Å². The van der Waals surface area contributed by atoms with Crippen molar-refractivity contribution in [2.24, 2.45) is 5.92 Å². The van der Waals surface area contributed by atoms with E-state index in [0.29, 0.717) is 6.04 Å². The van der Waals surface area contributed by atoms with Gasteiger partial charge in [0, 0.05) is 6.04 Å². The summed E-state index contributed by atoms with van der Waals surface area (Å²) >= 11 is 0. The molecular weight excluding hydrogens is 138 g/mol. The summed E-state index contributed by atoms with van der Waals surface area (Å²) in [6, 6.07) is 0.610. The summed E-state index contributed by atoms with van der Waals surface area (Å²) in [5.74, 6) is 0.927. The first kappa shape index (κ1) is 9.01. The Morgan fingerprint density at radius 2 is 2.27 bits per heavy atom. The maximum Gasteiger partial charge on any atom is 0.0572 e. The van der Waals surface area contributed by atoms with Crippen molar-refractivity contribution in [1.29, 1.82) is 0 Å². The van der Waals surface area contributed by atoms with Gasteiger partial charge in [-0.1, -0.05) is 26.2 Å². The minimum absolute atomic E-state index is 0.610. The summed E-state index contributed by atoms with van der Waals surface area (Å²) < 4.78 is 0. The Morgan fingerprint density at radius 3 is 2.91 bits per heavy atom. The van der Waals surface area contributed by atoms with Gasteiger partial charge in [-0.05, 0) is 18.8 Å². The van der Waals surface area contributed by atoms with E-state index in [-0.39, 0.29) is 0 Å². The monoisotopic (exact) mass is 157 g/mol. The van der Waals surface area contributed by atoms with Crippen LogP contribution in [-0.4, -0.2) is 13.2 Å². The van der Waals surface area contributed by atoms with E-state index in [0.717, 1.165) is 5.92 Å². The SMILES string of the molecule is CCC1CCCC(NOC)C1. The van der Waals surface area contributed by atoms with Crippen LogP contribution in [-0.2, 0) is 4.84 Å². The van der Waals surface area contributed by atoms with Gasteiger partial charge in [0.05, 0.1) is 7.11 Å². The van der Waals surface area contributed by atoms with Crippen LogP contribution in [0.15, 0.2) is 0 Å². The molecule has 66 valence electrons. The highest BCUT2D eigenvalue weighted by atomic mass is 16.6. The Bertz CT molecular complexity index is 104. The first-order valence-corrected chi connectivity index (χ1v) is 4.65. The van der Waals surface area contributed by atoms with Crippen molar-refractivity contribution in [3.8, 4) is 0 Å². The highest BCUT2D eigenvalue weighted by Gasteiger charge is 2.19. The van der Waals surface area contributed by atoms with Gasteiger partial charge in [0.25, 0.3) is 0 Å². The van der Waals surface area contributed by atoms with Gasteiger partial charge in [-0.25, -0.2) is 0 Å². The molecule has 1 aliphatic rings. The highest BCUT2D eigenvalue weighted by Crippen LogP contribution is 2.26. The van der Waals surface area contributed by atoms with Gasteiger partial charge in [0.15, 0.2) is 0 Å². The van der Waals surface area contributed by atoms with Gasteiger partial charge in [0.1, 0.15) is 0 Å². The zero-order chi connectivity index (χ0) is 8.10. The van der Waals surface area contributed by atoms with Gasteiger partial charge in [-0.3, -0.25) is 0 Å². The lowest BCUT2D eigenvalue weighted by atomic mass is 9.85. The number of rotatable bonds is 3. The van der Waals surface area contributed by atoms with E-state index < -0.39 is 0 Å². The Hall–Kier alpha value is -0.0800.